The number of nitrogens with zero attached hydrogens (tertiary/aromatic N) is 2. The number of likely N-dealkylation sites (tertiary alicyclic amines) is 1. The fraction of sp³-hybridized carbons (Fsp3) is 0.588. The van der Waals surface area contributed by atoms with Crippen LogP contribution in [0, 0.1) is 5.92 Å². The van der Waals surface area contributed by atoms with Gasteiger partial charge in [-0.15, -0.1) is 0 Å². The smallest absolute Gasteiger partial charge is 0.325 e. The monoisotopic (exact) mass is 333 g/mol. The van der Waals surface area contributed by atoms with E-state index in [1.807, 2.05) is 10.6 Å². The van der Waals surface area contributed by atoms with Gasteiger partial charge in [0.2, 0.25) is 5.91 Å². The second kappa shape index (κ2) is 7.17. The van der Waals surface area contributed by atoms with Gasteiger partial charge in [0.15, 0.2) is 0 Å². The molecule has 1 N–H and O–H groups in total. The van der Waals surface area contributed by atoms with E-state index in [4.69, 9.17) is 4.74 Å². The molecule has 1 fully saturated rings. The molecule has 3 rings (SSSR count). The van der Waals surface area contributed by atoms with Gasteiger partial charge in [0, 0.05) is 37.3 Å². The van der Waals surface area contributed by atoms with E-state index in [2.05, 4.69) is 10.2 Å². The van der Waals surface area contributed by atoms with Gasteiger partial charge in [-0.1, -0.05) is 6.07 Å². The average Bonchev–Trinajstić information content (AvgIpc) is 2.54. The molecule has 0 aromatic carbocycles. The lowest BCUT2D eigenvalue weighted by Crippen LogP contribution is -2.50. The molecule has 24 heavy (non-hydrogen) atoms. The predicted octanol–water partition coefficient (Wildman–Crippen LogP) is -0.0533. The molecule has 2 aliphatic heterocycles. The standard InChI is InChI=1S/C17H23N3O4/c1-2-24-17(23)7-18-15(21)11-19-8-12-6-13(10-19)14-4-3-5-16(22)20(14)9-12/h3-5,12-13H,2,6-11H2,1H3,(H,18,21)/t12-,13-/m0/s1. The molecule has 0 aliphatic carbocycles. The van der Waals surface area contributed by atoms with Crippen molar-refractivity contribution in [2.24, 2.45) is 5.92 Å². The maximum Gasteiger partial charge on any atom is 0.325 e. The van der Waals surface area contributed by atoms with Crippen molar-refractivity contribution in [3.05, 3.63) is 34.2 Å². The number of carbonyl (C=O) groups excluding carboxylic acids is 2. The van der Waals surface area contributed by atoms with Crippen molar-refractivity contribution < 1.29 is 14.3 Å². The molecular formula is C17H23N3O4. The quantitative estimate of drug-likeness (QED) is 0.764. The Balaban J connectivity index is 1.58. The third-order valence-electron chi connectivity index (χ3n) is 4.66. The van der Waals surface area contributed by atoms with Gasteiger partial charge >= 0.3 is 5.97 Å². The third-order valence-corrected chi connectivity index (χ3v) is 4.66. The molecule has 2 bridgehead atoms. The van der Waals surface area contributed by atoms with Gasteiger partial charge in [-0.25, -0.2) is 0 Å². The summed E-state index contributed by atoms with van der Waals surface area (Å²) >= 11 is 0. The van der Waals surface area contributed by atoms with E-state index in [-0.39, 0.29) is 30.5 Å². The highest BCUT2D eigenvalue weighted by Crippen LogP contribution is 2.34. The van der Waals surface area contributed by atoms with Crippen LogP contribution in [0.4, 0.5) is 0 Å². The number of rotatable bonds is 5. The number of carbonyl (C=O) groups is 2. The molecule has 7 nitrogen and oxygen atoms in total. The summed E-state index contributed by atoms with van der Waals surface area (Å²) in [7, 11) is 0. The zero-order valence-electron chi connectivity index (χ0n) is 13.9. The van der Waals surface area contributed by atoms with Crippen molar-refractivity contribution in [1.29, 1.82) is 0 Å². The fourth-order valence-corrected chi connectivity index (χ4v) is 3.77. The fourth-order valence-electron chi connectivity index (χ4n) is 3.77. The number of pyridine rings is 1. The largest absolute Gasteiger partial charge is 0.465 e. The van der Waals surface area contributed by atoms with Gasteiger partial charge in [0.25, 0.3) is 5.56 Å². The van der Waals surface area contributed by atoms with Crippen LogP contribution in [0.3, 0.4) is 0 Å². The van der Waals surface area contributed by atoms with E-state index in [1.54, 1.807) is 19.1 Å². The Kier molecular flexibility index (Phi) is 4.99. The van der Waals surface area contributed by atoms with Gasteiger partial charge in [-0.3, -0.25) is 19.3 Å². The summed E-state index contributed by atoms with van der Waals surface area (Å²) in [6.07, 6.45) is 1.06. The highest BCUT2D eigenvalue weighted by Gasteiger charge is 2.34. The van der Waals surface area contributed by atoms with Crippen LogP contribution in [0.25, 0.3) is 0 Å². The van der Waals surface area contributed by atoms with Gasteiger partial charge in [-0.2, -0.15) is 0 Å². The molecule has 7 heteroatoms. The van der Waals surface area contributed by atoms with Gasteiger partial charge in [0.1, 0.15) is 6.54 Å². The van der Waals surface area contributed by atoms with Crippen molar-refractivity contribution in [1.82, 2.24) is 14.8 Å². The van der Waals surface area contributed by atoms with Gasteiger partial charge in [0.05, 0.1) is 13.2 Å². The van der Waals surface area contributed by atoms with Crippen LogP contribution in [-0.2, 0) is 20.9 Å². The Morgan fingerprint density at radius 2 is 2.12 bits per heavy atom. The van der Waals surface area contributed by atoms with Crippen molar-refractivity contribution in [2.75, 3.05) is 32.8 Å². The highest BCUT2D eigenvalue weighted by molar-refractivity contribution is 5.83. The van der Waals surface area contributed by atoms with Crippen molar-refractivity contribution >= 4 is 11.9 Å². The van der Waals surface area contributed by atoms with E-state index in [0.29, 0.717) is 19.1 Å². The van der Waals surface area contributed by atoms with Crippen LogP contribution < -0.4 is 10.9 Å². The molecule has 130 valence electrons. The summed E-state index contributed by atoms with van der Waals surface area (Å²) in [5, 5.41) is 2.60. The number of hydrogen-bond acceptors (Lipinski definition) is 5. The molecule has 0 spiro atoms. The Hall–Kier alpha value is -2.15. The summed E-state index contributed by atoms with van der Waals surface area (Å²) < 4.78 is 6.67. The third kappa shape index (κ3) is 3.67. The number of aromatic nitrogens is 1. The summed E-state index contributed by atoms with van der Waals surface area (Å²) in [6, 6.07) is 5.41. The van der Waals surface area contributed by atoms with Crippen LogP contribution in [0.1, 0.15) is 25.0 Å². The number of nitrogens with one attached hydrogen (secondary N) is 1. The molecule has 0 saturated carbocycles. The van der Waals surface area contributed by atoms with Crippen LogP contribution >= 0.6 is 0 Å². The van der Waals surface area contributed by atoms with Crippen molar-refractivity contribution in [3.8, 4) is 0 Å². The van der Waals surface area contributed by atoms with E-state index in [9.17, 15) is 14.4 Å². The van der Waals surface area contributed by atoms with Crippen molar-refractivity contribution in [3.63, 3.8) is 0 Å². The Morgan fingerprint density at radius 1 is 1.29 bits per heavy atom. The minimum absolute atomic E-state index is 0.0582. The molecule has 1 amide bonds. The van der Waals surface area contributed by atoms with Crippen LogP contribution in [0.2, 0.25) is 0 Å². The topological polar surface area (TPSA) is 80.6 Å². The zero-order chi connectivity index (χ0) is 17.1. The molecule has 1 saturated heterocycles. The number of piperidine rings is 1. The Labute approximate surface area is 140 Å². The number of esters is 1. The first kappa shape index (κ1) is 16.7. The number of fused-ring (bicyclic) bond motifs is 4. The normalized spacial score (nSPS) is 22.5. The minimum atomic E-state index is -0.422. The van der Waals surface area contributed by atoms with E-state index >= 15 is 0 Å². The van der Waals surface area contributed by atoms with Crippen LogP contribution in [-0.4, -0.2) is 54.1 Å². The SMILES string of the molecule is CCOC(=O)CNC(=O)CN1C[C@@H]2C[C@@H](C1)c1cccc(=O)n1C2. The number of hydrogen-bond donors (Lipinski definition) is 1. The Morgan fingerprint density at radius 3 is 2.92 bits per heavy atom. The molecule has 2 atom stereocenters. The number of amides is 1. The first-order chi connectivity index (χ1) is 11.6. The lowest BCUT2D eigenvalue weighted by atomic mass is 9.83. The van der Waals surface area contributed by atoms with E-state index in [0.717, 1.165) is 25.2 Å². The molecule has 2 aliphatic rings. The Bertz CT molecular complexity index is 685. The average molecular weight is 333 g/mol. The highest BCUT2D eigenvalue weighted by atomic mass is 16.5. The first-order valence-corrected chi connectivity index (χ1v) is 8.41. The predicted molar refractivity (Wildman–Crippen MR) is 87.6 cm³/mol. The minimum Gasteiger partial charge on any atom is -0.465 e. The molecular weight excluding hydrogens is 310 g/mol. The number of ether oxygens (including phenoxy) is 1. The molecule has 0 unspecified atom stereocenters. The zero-order valence-corrected chi connectivity index (χ0v) is 13.9. The van der Waals surface area contributed by atoms with Crippen molar-refractivity contribution in [2.45, 2.75) is 25.8 Å². The molecule has 1 aromatic rings. The summed E-state index contributed by atoms with van der Waals surface area (Å²) in [5.41, 5.74) is 1.12. The second-order valence-corrected chi connectivity index (χ2v) is 6.47. The molecule has 0 radical (unpaired) electrons. The van der Waals surface area contributed by atoms with E-state index in [1.165, 1.54) is 0 Å². The van der Waals surface area contributed by atoms with Crippen LogP contribution in [0.15, 0.2) is 23.0 Å². The summed E-state index contributed by atoms with van der Waals surface area (Å²) in [5.74, 6) is 0.0709. The summed E-state index contributed by atoms with van der Waals surface area (Å²) in [4.78, 5) is 37.4. The molecule has 3 heterocycles. The molecule has 1 aromatic heterocycles. The van der Waals surface area contributed by atoms with Gasteiger partial charge in [-0.05, 0) is 25.3 Å². The van der Waals surface area contributed by atoms with E-state index < -0.39 is 5.97 Å². The lowest BCUT2D eigenvalue weighted by Gasteiger charge is -2.42. The van der Waals surface area contributed by atoms with Crippen LogP contribution in [0.5, 0.6) is 0 Å². The first-order valence-electron chi connectivity index (χ1n) is 8.41. The second-order valence-electron chi connectivity index (χ2n) is 6.47. The maximum atomic E-state index is 12.0. The van der Waals surface area contributed by atoms with Gasteiger partial charge < -0.3 is 14.6 Å². The summed E-state index contributed by atoms with van der Waals surface area (Å²) in [6.45, 7) is 4.48. The lowest BCUT2D eigenvalue weighted by molar-refractivity contribution is -0.143. The maximum absolute atomic E-state index is 12.0.